The third kappa shape index (κ3) is 4.98. The smallest absolute Gasteiger partial charge is 0.164 e. The van der Waals surface area contributed by atoms with Crippen molar-refractivity contribution in [2.75, 3.05) is 0 Å². The van der Waals surface area contributed by atoms with Crippen molar-refractivity contribution in [3.63, 3.8) is 0 Å². The zero-order chi connectivity index (χ0) is 37.5. The Morgan fingerprint density at radius 1 is 0.421 bits per heavy atom. The van der Waals surface area contributed by atoms with Gasteiger partial charge in [-0.1, -0.05) is 146 Å². The molecule has 266 valence electrons. The second-order valence-corrected chi connectivity index (χ2v) is 15.4. The molecule has 5 nitrogen and oxygen atoms in total. The van der Waals surface area contributed by atoms with E-state index in [9.17, 15) is 0 Å². The summed E-state index contributed by atoms with van der Waals surface area (Å²) in [7, 11) is 0. The number of hydrogen-bond acceptors (Lipinski definition) is 5. The standard InChI is InChI=1S/C51H30N4OS/c1-3-14-31(15-4-1)49-52-50(32-16-5-2-6-17-32)54-51(53-49)39-23-13-27-44-46(39)38-22-11-20-34(47(38)56-44)33-28-29-45-40(30-33)37-21-12-26-43(48(37)57-45)55-41-24-9-7-18-35(41)36-19-8-10-25-42(36)55/h1-30H. The van der Waals surface area contributed by atoms with Gasteiger partial charge in [-0.25, -0.2) is 15.0 Å². The SMILES string of the molecule is c1ccc(-c2nc(-c3ccccc3)nc(-c3cccc4oc5c(-c6ccc7sc8c(-n9c%10ccccc%10c%10ccccc%109)cccc8c7c6)cccc5c34)n2)cc1. The monoisotopic (exact) mass is 746 g/mol. The molecule has 0 unspecified atom stereocenters. The van der Waals surface area contributed by atoms with Gasteiger partial charge in [-0.05, 0) is 42.0 Å². The summed E-state index contributed by atoms with van der Waals surface area (Å²) in [5, 5.41) is 7.00. The third-order valence-corrected chi connectivity index (χ3v) is 12.3. The first-order valence-corrected chi connectivity index (χ1v) is 19.8. The van der Waals surface area contributed by atoms with Crippen LogP contribution in [0.1, 0.15) is 0 Å². The van der Waals surface area contributed by atoms with Crippen LogP contribution in [0.3, 0.4) is 0 Å². The summed E-state index contributed by atoms with van der Waals surface area (Å²) >= 11 is 1.85. The van der Waals surface area contributed by atoms with Gasteiger partial charge in [0.05, 0.1) is 21.4 Å². The summed E-state index contributed by atoms with van der Waals surface area (Å²) in [4.78, 5) is 15.1. The van der Waals surface area contributed by atoms with Crippen LogP contribution in [0.15, 0.2) is 186 Å². The van der Waals surface area contributed by atoms with Gasteiger partial charge < -0.3 is 8.98 Å². The molecule has 12 rings (SSSR count). The van der Waals surface area contributed by atoms with E-state index in [1.807, 2.05) is 84.1 Å². The van der Waals surface area contributed by atoms with Crippen molar-refractivity contribution in [2.45, 2.75) is 0 Å². The Balaban J connectivity index is 1.03. The van der Waals surface area contributed by atoms with E-state index in [4.69, 9.17) is 19.4 Å². The second-order valence-electron chi connectivity index (χ2n) is 14.3. The van der Waals surface area contributed by atoms with E-state index >= 15 is 0 Å². The van der Waals surface area contributed by atoms with Gasteiger partial charge in [0, 0.05) is 59.3 Å². The molecule has 0 bridgehead atoms. The van der Waals surface area contributed by atoms with Gasteiger partial charge in [-0.15, -0.1) is 11.3 Å². The van der Waals surface area contributed by atoms with Crippen LogP contribution in [0.5, 0.6) is 0 Å². The predicted molar refractivity (Wildman–Crippen MR) is 236 cm³/mol. The number of hydrogen-bond donors (Lipinski definition) is 0. The van der Waals surface area contributed by atoms with Gasteiger partial charge in [0.1, 0.15) is 11.2 Å². The molecule has 4 aromatic heterocycles. The highest BCUT2D eigenvalue weighted by Crippen LogP contribution is 2.44. The molecule has 6 heteroatoms. The molecule has 0 radical (unpaired) electrons. The average molecular weight is 747 g/mol. The van der Waals surface area contributed by atoms with Crippen LogP contribution in [-0.4, -0.2) is 19.5 Å². The number of fused-ring (bicyclic) bond motifs is 9. The molecule has 0 fully saturated rings. The van der Waals surface area contributed by atoms with Gasteiger partial charge in [0.15, 0.2) is 17.5 Å². The Morgan fingerprint density at radius 3 is 1.72 bits per heavy atom. The number of nitrogens with zero attached hydrogens (tertiary/aromatic N) is 4. The maximum absolute atomic E-state index is 6.79. The lowest BCUT2D eigenvalue weighted by molar-refractivity contribution is 0.670. The molecular formula is C51H30N4OS. The van der Waals surface area contributed by atoms with Crippen LogP contribution in [0.4, 0.5) is 0 Å². The Morgan fingerprint density at radius 2 is 1.00 bits per heavy atom. The first kappa shape index (κ1) is 31.9. The molecular weight excluding hydrogens is 717 g/mol. The second kappa shape index (κ2) is 12.6. The van der Waals surface area contributed by atoms with E-state index in [1.165, 1.54) is 47.7 Å². The van der Waals surface area contributed by atoms with Crippen molar-refractivity contribution in [1.82, 2.24) is 19.5 Å². The third-order valence-electron chi connectivity index (χ3n) is 11.1. The number of rotatable bonds is 5. The van der Waals surface area contributed by atoms with Crippen molar-refractivity contribution in [3.8, 4) is 51.0 Å². The Kier molecular flexibility index (Phi) is 7.03. The zero-order valence-corrected chi connectivity index (χ0v) is 31.2. The Hall–Kier alpha value is -7.41. The largest absolute Gasteiger partial charge is 0.455 e. The van der Waals surface area contributed by atoms with Crippen molar-refractivity contribution in [3.05, 3.63) is 182 Å². The molecule has 8 aromatic carbocycles. The normalized spacial score (nSPS) is 11.9. The van der Waals surface area contributed by atoms with E-state index in [1.54, 1.807) is 0 Å². The number of benzene rings is 8. The van der Waals surface area contributed by atoms with Crippen LogP contribution < -0.4 is 0 Å². The fraction of sp³-hybridized carbons (Fsp3) is 0. The minimum atomic E-state index is 0.603. The minimum Gasteiger partial charge on any atom is -0.455 e. The first-order valence-electron chi connectivity index (χ1n) is 19.0. The molecule has 0 saturated heterocycles. The first-order chi connectivity index (χ1) is 28.3. The van der Waals surface area contributed by atoms with Crippen molar-refractivity contribution >= 4 is 75.3 Å². The molecule has 0 atom stereocenters. The molecule has 57 heavy (non-hydrogen) atoms. The topological polar surface area (TPSA) is 56.7 Å². The van der Waals surface area contributed by atoms with Crippen molar-refractivity contribution in [2.24, 2.45) is 0 Å². The average Bonchev–Trinajstić information content (AvgIpc) is 3.96. The van der Waals surface area contributed by atoms with Gasteiger partial charge >= 0.3 is 0 Å². The van der Waals surface area contributed by atoms with Crippen LogP contribution >= 0.6 is 11.3 Å². The molecule has 0 aliphatic heterocycles. The van der Waals surface area contributed by atoms with E-state index < -0.39 is 0 Å². The van der Waals surface area contributed by atoms with Crippen LogP contribution in [0.25, 0.3) is 115 Å². The summed E-state index contributed by atoms with van der Waals surface area (Å²) in [5.74, 6) is 1.86. The molecule has 0 aliphatic carbocycles. The lowest BCUT2D eigenvalue weighted by Gasteiger charge is -2.09. The molecule has 12 aromatic rings. The summed E-state index contributed by atoms with van der Waals surface area (Å²) < 4.78 is 11.7. The fourth-order valence-electron chi connectivity index (χ4n) is 8.50. The molecule has 0 saturated carbocycles. The highest BCUT2D eigenvalue weighted by atomic mass is 32.1. The maximum Gasteiger partial charge on any atom is 0.164 e. The van der Waals surface area contributed by atoms with E-state index in [-0.39, 0.29) is 0 Å². The zero-order valence-electron chi connectivity index (χ0n) is 30.4. The molecule has 0 aliphatic rings. The van der Waals surface area contributed by atoms with Crippen molar-refractivity contribution < 1.29 is 4.42 Å². The van der Waals surface area contributed by atoms with E-state index in [2.05, 4.69) is 114 Å². The number of aromatic nitrogens is 4. The van der Waals surface area contributed by atoms with E-state index in [0.717, 1.165) is 49.8 Å². The number of para-hydroxylation sites is 3. The summed E-state index contributed by atoms with van der Waals surface area (Å²) in [6.07, 6.45) is 0. The highest BCUT2D eigenvalue weighted by molar-refractivity contribution is 7.26. The summed E-state index contributed by atoms with van der Waals surface area (Å²) in [5.41, 5.74) is 10.2. The summed E-state index contributed by atoms with van der Waals surface area (Å²) in [6.45, 7) is 0. The maximum atomic E-state index is 6.79. The predicted octanol–water partition coefficient (Wildman–Crippen LogP) is 13.9. The lowest BCUT2D eigenvalue weighted by atomic mass is 9.99. The van der Waals surface area contributed by atoms with Crippen molar-refractivity contribution in [1.29, 1.82) is 0 Å². The van der Waals surface area contributed by atoms with Gasteiger partial charge in [-0.2, -0.15) is 0 Å². The number of furan rings is 1. The quantitative estimate of drug-likeness (QED) is 0.176. The number of thiophene rings is 1. The van der Waals surface area contributed by atoms with Crippen LogP contribution in [0, 0.1) is 0 Å². The molecule has 0 spiro atoms. The molecule has 0 amide bonds. The molecule has 4 heterocycles. The highest BCUT2D eigenvalue weighted by Gasteiger charge is 2.21. The Bertz CT molecular complexity index is 3420. The lowest BCUT2D eigenvalue weighted by Crippen LogP contribution is -2.00. The fourth-order valence-corrected chi connectivity index (χ4v) is 9.69. The van der Waals surface area contributed by atoms with Crippen LogP contribution in [-0.2, 0) is 0 Å². The minimum absolute atomic E-state index is 0.603. The summed E-state index contributed by atoms with van der Waals surface area (Å²) in [6, 6.07) is 63.7. The van der Waals surface area contributed by atoms with E-state index in [0.29, 0.717) is 17.5 Å². The Labute approximate surface area is 330 Å². The van der Waals surface area contributed by atoms with Gasteiger partial charge in [-0.3, -0.25) is 0 Å². The molecule has 0 N–H and O–H groups in total. The van der Waals surface area contributed by atoms with Gasteiger partial charge in [0.2, 0.25) is 0 Å². The van der Waals surface area contributed by atoms with Gasteiger partial charge in [0.25, 0.3) is 0 Å². The van der Waals surface area contributed by atoms with Crippen LogP contribution in [0.2, 0.25) is 0 Å².